The molecule has 0 saturated carbocycles. The van der Waals surface area contributed by atoms with Crippen LogP contribution in [0.1, 0.15) is 32.3 Å². The van der Waals surface area contributed by atoms with E-state index in [1.54, 1.807) is 0 Å². The molecule has 1 rings (SSSR count). The molecule has 1 amide bonds. The summed E-state index contributed by atoms with van der Waals surface area (Å²) in [5.74, 6) is -2.28. The summed E-state index contributed by atoms with van der Waals surface area (Å²) in [5.41, 5.74) is -1.29. The Morgan fingerprint density at radius 2 is 2.10 bits per heavy atom. The minimum Gasteiger partial charge on any atom is -0.480 e. The van der Waals surface area contributed by atoms with Crippen LogP contribution in [0.2, 0.25) is 5.02 Å². The van der Waals surface area contributed by atoms with E-state index >= 15 is 0 Å². The van der Waals surface area contributed by atoms with Crippen molar-refractivity contribution >= 4 is 23.5 Å². The van der Waals surface area contributed by atoms with Crippen molar-refractivity contribution in [2.24, 2.45) is 0 Å². The molecule has 0 fully saturated rings. The molecule has 0 aliphatic heterocycles. The van der Waals surface area contributed by atoms with E-state index in [2.05, 4.69) is 5.32 Å². The normalized spacial score (nSPS) is 13.6. The number of benzene rings is 1. The van der Waals surface area contributed by atoms with Crippen molar-refractivity contribution in [1.29, 1.82) is 0 Å². The van der Waals surface area contributed by atoms with Gasteiger partial charge in [0.25, 0.3) is 0 Å². The number of amides is 1. The maximum Gasteiger partial charge on any atom is 0.329 e. The van der Waals surface area contributed by atoms with Gasteiger partial charge >= 0.3 is 5.97 Å². The molecule has 6 heteroatoms. The highest BCUT2D eigenvalue weighted by Gasteiger charge is 2.33. The third-order valence-corrected chi connectivity index (χ3v) is 3.39. The van der Waals surface area contributed by atoms with E-state index < -0.39 is 23.2 Å². The first-order chi connectivity index (χ1) is 9.30. The number of carboxylic acids is 1. The fourth-order valence-corrected chi connectivity index (χ4v) is 2.17. The Bertz CT molecular complexity index is 501. The predicted octanol–water partition coefficient (Wildman–Crippen LogP) is 2.78. The lowest BCUT2D eigenvalue weighted by Crippen LogP contribution is -2.52. The number of hydrogen-bond acceptors (Lipinski definition) is 2. The Morgan fingerprint density at radius 1 is 1.45 bits per heavy atom. The highest BCUT2D eigenvalue weighted by Crippen LogP contribution is 2.20. The zero-order valence-corrected chi connectivity index (χ0v) is 12.1. The first-order valence-corrected chi connectivity index (χ1v) is 6.65. The van der Waals surface area contributed by atoms with Crippen LogP contribution in [0.3, 0.4) is 0 Å². The lowest BCUT2D eigenvalue weighted by atomic mass is 9.96. The Hall–Kier alpha value is -1.62. The maximum atomic E-state index is 13.6. The van der Waals surface area contributed by atoms with Crippen LogP contribution in [0.25, 0.3) is 0 Å². The molecule has 4 nitrogen and oxygen atoms in total. The number of nitrogens with one attached hydrogen (secondary N) is 1. The number of carbonyl (C=O) groups is 2. The average Bonchev–Trinajstić information content (AvgIpc) is 2.34. The molecule has 1 unspecified atom stereocenters. The number of hydrogen-bond donors (Lipinski definition) is 2. The van der Waals surface area contributed by atoms with Gasteiger partial charge in [0.2, 0.25) is 5.91 Å². The average molecular weight is 302 g/mol. The zero-order valence-electron chi connectivity index (χ0n) is 11.4. The van der Waals surface area contributed by atoms with E-state index in [0.717, 1.165) is 0 Å². The largest absolute Gasteiger partial charge is 0.480 e. The van der Waals surface area contributed by atoms with E-state index in [-0.39, 0.29) is 17.0 Å². The molecule has 1 atom stereocenters. The van der Waals surface area contributed by atoms with Crippen LogP contribution in [-0.2, 0) is 16.0 Å². The maximum absolute atomic E-state index is 13.6. The first kappa shape index (κ1) is 16.4. The van der Waals surface area contributed by atoms with Crippen molar-refractivity contribution in [2.75, 3.05) is 0 Å². The summed E-state index contributed by atoms with van der Waals surface area (Å²) in [4.78, 5) is 23.1. The second-order valence-corrected chi connectivity index (χ2v) is 5.22. The second kappa shape index (κ2) is 6.70. The molecule has 0 spiro atoms. The summed E-state index contributed by atoms with van der Waals surface area (Å²) in [5, 5.41) is 11.8. The Morgan fingerprint density at radius 3 is 2.60 bits per heavy atom. The van der Waals surface area contributed by atoms with Crippen LogP contribution in [0.15, 0.2) is 18.2 Å². The van der Waals surface area contributed by atoms with Gasteiger partial charge in [0.1, 0.15) is 11.4 Å². The number of rotatable bonds is 6. The topological polar surface area (TPSA) is 66.4 Å². The van der Waals surface area contributed by atoms with Gasteiger partial charge in [-0.2, -0.15) is 0 Å². The smallest absolute Gasteiger partial charge is 0.329 e. The van der Waals surface area contributed by atoms with Crippen LogP contribution in [0.4, 0.5) is 4.39 Å². The van der Waals surface area contributed by atoms with Crippen molar-refractivity contribution in [3.63, 3.8) is 0 Å². The summed E-state index contributed by atoms with van der Waals surface area (Å²) in [7, 11) is 0. The second-order valence-electron chi connectivity index (χ2n) is 4.81. The number of aliphatic carboxylic acids is 1. The summed E-state index contributed by atoms with van der Waals surface area (Å²) < 4.78 is 13.6. The first-order valence-electron chi connectivity index (χ1n) is 6.27. The third-order valence-electron chi connectivity index (χ3n) is 3.04. The van der Waals surface area contributed by atoms with Crippen molar-refractivity contribution in [3.8, 4) is 0 Å². The highest BCUT2D eigenvalue weighted by molar-refractivity contribution is 6.31. The van der Waals surface area contributed by atoms with Crippen LogP contribution in [0.5, 0.6) is 0 Å². The molecule has 2 N–H and O–H groups in total. The summed E-state index contributed by atoms with van der Waals surface area (Å²) in [6, 6.07) is 4.13. The van der Waals surface area contributed by atoms with Gasteiger partial charge in [-0.05, 0) is 25.5 Å². The van der Waals surface area contributed by atoms with Gasteiger partial charge in [-0.25, -0.2) is 9.18 Å². The number of carboxylic acid groups (broad SMARTS) is 1. The van der Waals surface area contributed by atoms with Gasteiger partial charge < -0.3 is 10.4 Å². The lowest BCUT2D eigenvalue weighted by Gasteiger charge is -2.25. The molecule has 1 aromatic carbocycles. The Kier molecular flexibility index (Phi) is 5.51. The summed E-state index contributed by atoms with van der Waals surface area (Å²) >= 11 is 5.83. The molecule has 0 bridgehead atoms. The lowest BCUT2D eigenvalue weighted by molar-refractivity contribution is -0.147. The quantitative estimate of drug-likeness (QED) is 0.849. The molecular weight excluding hydrogens is 285 g/mol. The monoisotopic (exact) mass is 301 g/mol. The van der Waals surface area contributed by atoms with E-state index in [1.807, 2.05) is 6.92 Å². The van der Waals surface area contributed by atoms with Crippen LogP contribution >= 0.6 is 11.6 Å². The molecule has 0 radical (unpaired) electrons. The number of halogens is 2. The van der Waals surface area contributed by atoms with Gasteiger partial charge in [-0.1, -0.05) is 31.0 Å². The summed E-state index contributed by atoms with van der Waals surface area (Å²) in [6.07, 6.45) is 0.598. The van der Waals surface area contributed by atoms with Crippen LogP contribution in [-0.4, -0.2) is 22.5 Å². The third kappa shape index (κ3) is 3.93. The fraction of sp³-hybridized carbons (Fsp3) is 0.429. The molecule has 0 heterocycles. The van der Waals surface area contributed by atoms with E-state index in [1.165, 1.54) is 25.1 Å². The minimum absolute atomic E-state index is 0.0657. The Balaban J connectivity index is 2.84. The molecule has 0 aliphatic carbocycles. The Labute approximate surface area is 121 Å². The molecule has 1 aromatic rings. The van der Waals surface area contributed by atoms with Gasteiger partial charge in [0.15, 0.2) is 0 Å². The van der Waals surface area contributed by atoms with Crippen LogP contribution < -0.4 is 5.32 Å². The highest BCUT2D eigenvalue weighted by atomic mass is 35.5. The molecule has 0 saturated heterocycles. The van der Waals surface area contributed by atoms with Gasteiger partial charge in [0, 0.05) is 10.6 Å². The van der Waals surface area contributed by atoms with Crippen LogP contribution in [0, 0.1) is 5.82 Å². The summed E-state index contributed by atoms with van der Waals surface area (Å²) in [6.45, 7) is 3.25. The molecule has 0 aromatic heterocycles. The standard InChI is InChI=1S/C14H17ClFNO3/c1-3-7-14(2,13(19)20)17-12(18)8-9-10(15)5-4-6-11(9)16/h4-6H,3,7-8H2,1-2H3,(H,17,18)(H,19,20). The number of carbonyl (C=O) groups excluding carboxylic acids is 1. The predicted molar refractivity (Wildman–Crippen MR) is 74.2 cm³/mol. The van der Waals surface area contributed by atoms with Gasteiger partial charge in [0.05, 0.1) is 6.42 Å². The van der Waals surface area contributed by atoms with Gasteiger partial charge in [-0.3, -0.25) is 4.79 Å². The fourth-order valence-electron chi connectivity index (χ4n) is 1.94. The van der Waals surface area contributed by atoms with Crippen molar-refractivity contribution < 1.29 is 19.1 Å². The van der Waals surface area contributed by atoms with E-state index in [0.29, 0.717) is 12.8 Å². The molecule has 110 valence electrons. The van der Waals surface area contributed by atoms with E-state index in [4.69, 9.17) is 11.6 Å². The minimum atomic E-state index is -1.36. The SMILES string of the molecule is CCCC(C)(NC(=O)Cc1c(F)cccc1Cl)C(=O)O. The molecule has 20 heavy (non-hydrogen) atoms. The van der Waals surface area contributed by atoms with Crippen molar-refractivity contribution in [3.05, 3.63) is 34.6 Å². The van der Waals surface area contributed by atoms with Crippen molar-refractivity contribution in [1.82, 2.24) is 5.32 Å². The molecule has 0 aliphatic rings. The van der Waals surface area contributed by atoms with E-state index in [9.17, 15) is 19.1 Å². The molecular formula is C14H17ClFNO3. The zero-order chi connectivity index (χ0) is 15.3. The van der Waals surface area contributed by atoms with Crippen molar-refractivity contribution in [2.45, 2.75) is 38.6 Å². The van der Waals surface area contributed by atoms with Gasteiger partial charge in [-0.15, -0.1) is 0 Å².